The van der Waals surface area contributed by atoms with Crippen LogP contribution < -0.4 is 9.64 Å². The fraction of sp³-hybridized carbons (Fsp3) is 0.261. The van der Waals surface area contributed by atoms with Crippen molar-refractivity contribution in [1.82, 2.24) is 4.90 Å². The van der Waals surface area contributed by atoms with Crippen LogP contribution in [0.2, 0.25) is 0 Å². The van der Waals surface area contributed by atoms with Gasteiger partial charge in [0.15, 0.2) is 16.6 Å². The van der Waals surface area contributed by atoms with Crippen LogP contribution in [0.5, 0.6) is 11.5 Å². The van der Waals surface area contributed by atoms with Crippen LogP contribution in [-0.4, -0.2) is 47.3 Å². The number of hydrogen-bond donors (Lipinski definition) is 1. The van der Waals surface area contributed by atoms with Gasteiger partial charge in [-0.2, -0.15) is 0 Å². The minimum atomic E-state index is -0.523. The standard InChI is InChI=1S/C23H24N2O5S/c1-4-15-6-9-17(10-7-15)25-22(28)18(24(23(25)31)14-21(27)29-3)12-16-8-11-19(26)20(13-16)30-5-2/h6-13,26H,4-5,14H2,1-3H3/b18-12-. The smallest absolute Gasteiger partial charge is 0.325 e. The lowest BCUT2D eigenvalue weighted by molar-refractivity contribution is -0.140. The maximum Gasteiger partial charge on any atom is 0.325 e. The van der Waals surface area contributed by atoms with Gasteiger partial charge < -0.3 is 19.5 Å². The number of anilines is 1. The van der Waals surface area contributed by atoms with Crippen molar-refractivity contribution in [2.75, 3.05) is 25.2 Å². The molecule has 0 aliphatic carbocycles. The van der Waals surface area contributed by atoms with E-state index in [9.17, 15) is 14.7 Å². The fourth-order valence-electron chi connectivity index (χ4n) is 3.18. The summed E-state index contributed by atoms with van der Waals surface area (Å²) in [5.41, 5.74) is 2.59. The number of phenolic OH excluding ortho intramolecular Hbond substituents is 1. The highest BCUT2D eigenvalue weighted by molar-refractivity contribution is 7.80. The Labute approximate surface area is 186 Å². The summed E-state index contributed by atoms with van der Waals surface area (Å²) in [5.74, 6) is -0.577. The molecule has 3 rings (SSSR count). The highest BCUT2D eigenvalue weighted by atomic mass is 32.1. The molecule has 8 heteroatoms. The highest BCUT2D eigenvalue weighted by Crippen LogP contribution is 2.32. The van der Waals surface area contributed by atoms with Crippen LogP contribution in [0.1, 0.15) is 25.0 Å². The molecule has 7 nitrogen and oxygen atoms in total. The monoisotopic (exact) mass is 440 g/mol. The Hall–Kier alpha value is -3.39. The third-order valence-corrected chi connectivity index (χ3v) is 5.24. The van der Waals surface area contributed by atoms with E-state index < -0.39 is 5.97 Å². The van der Waals surface area contributed by atoms with Gasteiger partial charge in [0.2, 0.25) is 0 Å². The molecule has 0 aromatic heterocycles. The first-order valence-electron chi connectivity index (χ1n) is 9.88. The van der Waals surface area contributed by atoms with Crippen molar-refractivity contribution in [2.45, 2.75) is 20.3 Å². The van der Waals surface area contributed by atoms with E-state index in [2.05, 4.69) is 0 Å². The quantitative estimate of drug-likeness (QED) is 0.401. The fourth-order valence-corrected chi connectivity index (χ4v) is 3.54. The summed E-state index contributed by atoms with van der Waals surface area (Å²) >= 11 is 5.55. The molecule has 162 valence electrons. The number of rotatable bonds is 7. The number of methoxy groups -OCH3 is 1. The second-order valence-electron chi connectivity index (χ2n) is 6.80. The Morgan fingerprint density at radius 3 is 2.48 bits per heavy atom. The number of phenols is 1. The molecule has 1 N–H and O–H groups in total. The Morgan fingerprint density at radius 1 is 1.16 bits per heavy atom. The average Bonchev–Trinajstić information content (AvgIpc) is 3.00. The third-order valence-electron chi connectivity index (χ3n) is 4.84. The van der Waals surface area contributed by atoms with Gasteiger partial charge in [-0.25, -0.2) is 0 Å². The lowest BCUT2D eigenvalue weighted by Crippen LogP contribution is -2.35. The van der Waals surface area contributed by atoms with Crippen molar-refractivity contribution in [3.8, 4) is 11.5 Å². The molecule has 0 bridgehead atoms. The molecule has 0 atom stereocenters. The molecular formula is C23H24N2O5S. The molecule has 2 aromatic carbocycles. The van der Waals surface area contributed by atoms with Gasteiger partial charge >= 0.3 is 5.97 Å². The van der Waals surface area contributed by atoms with Gasteiger partial charge in [-0.3, -0.25) is 14.5 Å². The summed E-state index contributed by atoms with van der Waals surface area (Å²) in [4.78, 5) is 28.2. The zero-order valence-electron chi connectivity index (χ0n) is 17.6. The van der Waals surface area contributed by atoms with Crippen LogP contribution >= 0.6 is 12.2 Å². The molecule has 1 fully saturated rings. The van der Waals surface area contributed by atoms with E-state index in [1.165, 1.54) is 23.0 Å². The number of hydrogen-bond acceptors (Lipinski definition) is 6. The van der Waals surface area contributed by atoms with E-state index in [4.69, 9.17) is 21.7 Å². The van der Waals surface area contributed by atoms with Crippen molar-refractivity contribution in [3.63, 3.8) is 0 Å². The van der Waals surface area contributed by atoms with Crippen LogP contribution in [0.25, 0.3) is 6.08 Å². The number of carbonyl (C=O) groups excluding carboxylic acids is 2. The Balaban J connectivity index is 2.03. The van der Waals surface area contributed by atoms with Crippen molar-refractivity contribution < 1.29 is 24.2 Å². The second kappa shape index (κ2) is 9.61. The molecule has 1 saturated heterocycles. The van der Waals surface area contributed by atoms with E-state index in [1.54, 1.807) is 18.2 Å². The summed E-state index contributed by atoms with van der Waals surface area (Å²) in [5, 5.41) is 10.1. The maximum absolute atomic E-state index is 13.3. The number of thiocarbonyl (C=S) groups is 1. The summed E-state index contributed by atoms with van der Waals surface area (Å²) in [6.07, 6.45) is 2.49. The molecule has 1 aliphatic heterocycles. The maximum atomic E-state index is 13.3. The summed E-state index contributed by atoms with van der Waals surface area (Å²) in [6.45, 7) is 4.04. The van der Waals surface area contributed by atoms with E-state index in [0.717, 1.165) is 12.0 Å². The molecule has 1 heterocycles. The van der Waals surface area contributed by atoms with Crippen LogP contribution in [-0.2, 0) is 20.7 Å². The number of amides is 1. The van der Waals surface area contributed by atoms with E-state index in [-0.39, 0.29) is 29.0 Å². The van der Waals surface area contributed by atoms with E-state index in [0.29, 0.717) is 23.6 Å². The first-order chi connectivity index (χ1) is 14.9. The molecule has 0 spiro atoms. The molecular weight excluding hydrogens is 416 g/mol. The normalized spacial score (nSPS) is 15.0. The number of carbonyl (C=O) groups is 2. The zero-order valence-corrected chi connectivity index (χ0v) is 18.4. The number of benzene rings is 2. The largest absolute Gasteiger partial charge is 0.504 e. The van der Waals surface area contributed by atoms with Crippen molar-refractivity contribution in [1.29, 1.82) is 0 Å². The number of ether oxygens (including phenoxy) is 2. The number of nitrogens with zero attached hydrogens (tertiary/aromatic N) is 2. The van der Waals surface area contributed by atoms with Crippen molar-refractivity contribution >= 4 is 41.0 Å². The van der Waals surface area contributed by atoms with Crippen LogP contribution in [0, 0.1) is 0 Å². The average molecular weight is 441 g/mol. The third kappa shape index (κ3) is 4.69. The summed E-state index contributed by atoms with van der Waals surface area (Å²) in [6, 6.07) is 12.3. The topological polar surface area (TPSA) is 79.3 Å². The molecule has 1 amide bonds. The second-order valence-corrected chi connectivity index (χ2v) is 7.16. The molecule has 2 aromatic rings. The lowest BCUT2D eigenvalue weighted by atomic mass is 10.1. The van der Waals surface area contributed by atoms with Gasteiger partial charge in [0.25, 0.3) is 5.91 Å². The minimum absolute atomic E-state index is 0.00123. The Morgan fingerprint density at radius 2 is 1.87 bits per heavy atom. The summed E-state index contributed by atoms with van der Waals surface area (Å²) in [7, 11) is 1.28. The molecule has 0 unspecified atom stereocenters. The van der Waals surface area contributed by atoms with E-state index >= 15 is 0 Å². The predicted octanol–water partition coefficient (Wildman–Crippen LogP) is 3.50. The van der Waals surface area contributed by atoms with Gasteiger partial charge in [0.05, 0.1) is 19.4 Å². The first-order valence-corrected chi connectivity index (χ1v) is 10.3. The molecule has 1 aliphatic rings. The minimum Gasteiger partial charge on any atom is -0.504 e. The van der Waals surface area contributed by atoms with Gasteiger partial charge in [-0.1, -0.05) is 25.1 Å². The first kappa shape index (κ1) is 22.3. The summed E-state index contributed by atoms with van der Waals surface area (Å²) < 4.78 is 10.2. The molecule has 31 heavy (non-hydrogen) atoms. The molecule has 0 radical (unpaired) electrons. The van der Waals surface area contributed by atoms with Crippen LogP contribution in [0.3, 0.4) is 0 Å². The lowest BCUT2D eigenvalue weighted by Gasteiger charge is -2.19. The van der Waals surface area contributed by atoms with Gasteiger partial charge in [0, 0.05) is 0 Å². The van der Waals surface area contributed by atoms with Gasteiger partial charge in [0.1, 0.15) is 12.2 Å². The van der Waals surface area contributed by atoms with Crippen LogP contribution in [0.4, 0.5) is 5.69 Å². The van der Waals surface area contributed by atoms with Crippen molar-refractivity contribution in [3.05, 3.63) is 59.3 Å². The number of aryl methyl sites for hydroxylation is 1. The zero-order chi connectivity index (χ0) is 22.5. The predicted molar refractivity (Wildman–Crippen MR) is 122 cm³/mol. The van der Waals surface area contributed by atoms with Crippen molar-refractivity contribution in [2.24, 2.45) is 0 Å². The Bertz CT molecular complexity index is 1030. The van der Waals surface area contributed by atoms with Crippen LogP contribution in [0.15, 0.2) is 48.2 Å². The SMILES string of the molecule is CCOc1cc(/C=C2/C(=O)N(c3ccc(CC)cc3)C(=S)N2CC(=O)OC)ccc1O. The Kier molecular flexibility index (Phi) is 6.91. The number of aromatic hydroxyl groups is 1. The van der Waals surface area contributed by atoms with Gasteiger partial charge in [-0.05, 0) is 67.0 Å². The number of esters is 1. The molecule has 0 saturated carbocycles. The van der Waals surface area contributed by atoms with Gasteiger partial charge in [-0.15, -0.1) is 0 Å². The highest BCUT2D eigenvalue weighted by Gasteiger charge is 2.40. The van der Waals surface area contributed by atoms with E-state index in [1.807, 2.05) is 38.1 Å².